The summed E-state index contributed by atoms with van der Waals surface area (Å²) in [6.07, 6.45) is 0. The normalized spacial score (nSPS) is 10.1. The second-order valence-electron chi connectivity index (χ2n) is 3.92. The van der Waals surface area contributed by atoms with Crippen molar-refractivity contribution >= 4 is 11.6 Å². The van der Waals surface area contributed by atoms with Gasteiger partial charge in [-0.05, 0) is 17.7 Å². The Hall–Kier alpha value is -1.87. The summed E-state index contributed by atoms with van der Waals surface area (Å²) in [5.74, 6) is 2.04. The maximum absolute atomic E-state index is 6.04. The van der Waals surface area contributed by atoms with Crippen LogP contribution in [-0.2, 0) is 0 Å². The number of rotatable bonds is 4. The van der Waals surface area contributed by atoms with E-state index in [1.807, 2.05) is 36.4 Å². The van der Waals surface area contributed by atoms with Crippen LogP contribution in [0.3, 0.4) is 0 Å². The van der Waals surface area contributed by atoms with Gasteiger partial charge in [-0.3, -0.25) is 0 Å². The van der Waals surface area contributed by atoms with Crippen LogP contribution in [0.4, 0.5) is 0 Å². The molecule has 0 amide bonds. The van der Waals surface area contributed by atoms with Crippen molar-refractivity contribution in [3.8, 4) is 28.4 Å². The van der Waals surface area contributed by atoms with Crippen LogP contribution in [0.2, 0.25) is 5.02 Å². The third-order valence-electron chi connectivity index (χ3n) is 2.83. The minimum atomic E-state index is 0.664. The number of hydrogen-bond donors (Lipinski definition) is 0. The molecule has 4 heteroatoms. The molecule has 0 radical (unpaired) electrons. The molecular formula is C15H15ClO3. The first-order valence-corrected chi connectivity index (χ1v) is 6.13. The van der Waals surface area contributed by atoms with Gasteiger partial charge >= 0.3 is 0 Å². The maximum Gasteiger partial charge on any atom is 0.134 e. The van der Waals surface area contributed by atoms with E-state index in [9.17, 15) is 0 Å². The fourth-order valence-electron chi connectivity index (χ4n) is 1.93. The van der Waals surface area contributed by atoms with E-state index < -0.39 is 0 Å². The average molecular weight is 279 g/mol. The molecule has 0 unspecified atom stereocenters. The Labute approximate surface area is 117 Å². The van der Waals surface area contributed by atoms with E-state index >= 15 is 0 Å². The van der Waals surface area contributed by atoms with Gasteiger partial charge in [-0.25, -0.2) is 0 Å². The zero-order valence-corrected chi connectivity index (χ0v) is 11.8. The number of halogens is 1. The molecule has 0 aliphatic rings. The summed E-state index contributed by atoms with van der Waals surface area (Å²) in [5, 5.41) is 0.664. The molecule has 0 aromatic heterocycles. The molecule has 100 valence electrons. The van der Waals surface area contributed by atoms with Gasteiger partial charge in [-0.1, -0.05) is 23.7 Å². The Morgan fingerprint density at radius 3 is 1.95 bits per heavy atom. The highest BCUT2D eigenvalue weighted by atomic mass is 35.5. The van der Waals surface area contributed by atoms with Gasteiger partial charge in [0, 0.05) is 17.2 Å². The molecule has 0 N–H and O–H groups in total. The fourth-order valence-corrected chi connectivity index (χ4v) is 2.12. The van der Waals surface area contributed by atoms with Gasteiger partial charge in [0.25, 0.3) is 0 Å². The highest BCUT2D eigenvalue weighted by Crippen LogP contribution is 2.42. The second kappa shape index (κ2) is 5.85. The molecule has 0 spiro atoms. The van der Waals surface area contributed by atoms with Crippen LogP contribution in [-0.4, -0.2) is 21.3 Å². The first-order chi connectivity index (χ1) is 9.19. The molecule has 0 aliphatic heterocycles. The molecule has 19 heavy (non-hydrogen) atoms. The summed E-state index contributed by atoms with van der Waals surface area (Å²) in [7, 11) is 4.83. The van der Waals surface area contributed by atoms with Crippen molar-refractivity contribution in [1.82, 2.24) is 0 Å². The first-order valence-electron chi connectivity index (χ1n) is 5.75. The average Bonchev–Trinajstić information content (AvgIpc) is 2.45. The number of ether oxygens (including phenoxy) is 3. The van der Waals surface area contributed by atoms with Gasteiger partial charge in [0.05, 0.1) is 26.9 Å². The number of benzene rings is 2. The molecule has 0 atom stereocenters. The molecule has 2 rings (SSSR count). The van der Waals surface area contributed by atoms with Crippen LogP contribution in [0, 0.1) is 0 Å². The lowest BCUT2D eigenvalue weighted by molar-refractivity contribution is 0.377. The van der Waals surface area contributed by atoms with Crippen LogP contribution in [0.15, 0.2) is 36.4 Å². The highest BCUT2D eigenvalue weighted by Gasteiger charge is 2.15. The Morgan fingerprint density at radius 1 is 0.842 bits per heavy atom. The third kappa shape index (κ3) is 2.76. The Bertz CT molecular complexity index is 556. The summed E-state index contributed by atoms with van der Waals surface area (Å²) < 4.78 is 16.1. The minimum absolute atomic E-state index is 0.664. The minimum Gasteiger partial charge on any atom is -0.496 e. The first kappa shape index (κ1) is 13.6. The number of methoxy groups -OCH3 is 3. The highest BCUT2D eigenvalue weighted by molar-refractivity contribution is 6.30. The summed E-state index contributed by atoms with van der Waals surface area (Å²) in [6, 6.07) is 11.2. The smallest absolute Gasteiger partial charge is 0.134 e. The zero-order valence-electron chi connectivity index (χ0n) is 11.1. The maximum atomic E-state index is 6.04. The molecule has 0 fully saturated rings. The third-order valence-corrected chi connectivity index (χ3v) is 3.06. The van der Waals surface area contributed by atoms with Crippen LogP contribution >= 0.6 is 11.6 Å². The molecule has 0 heterocycles. The SMILES string of the molecule is COc1cc(OC)c(-c2cccc(Cl)c2)c(OC)c1. The van der Waals surface area contributed by atoms with Gasteiger partial charge in [-0.15, -0.1) is 0 Å². The largest absolute Gasteiger partial charge is 0.496 e. The van der Waals surface area contributed by atoms with Gasteiger partial charge in [0.15, 0.2) is 0 Å². The summed E-state index contributed by atoms with van der Waals surface area (Å²) in [5.41, 5.74) is 1.79. The molecule has 0 aliphatic carbocycles. The van der Waals surface area contributed by atoms with Gasteiger partial charge in [-0.2, -0.15) is 0 Å². The summed E-state index contributed by atoms with van der Waals surface area (Å²) in [6.45, 7) is 0. The van der Waals surface area contributed by atoms with Crippen LogP contribution in [0.25, 0.3) is 11.1 Å². The lowest BCUT2D eigenvalue weighted by atomic mass is 10.0. The molecule has 2 aromatic carbocycles. The van der Waals surface area contributed by atoms with Crippen molar-refractivity contribution in [1.29, 1.82) is 0 Å². The predicted molar refractivity (Wildman–Crippen MR) is 76.5 cm³/mol. The van der Waals surface area contributed by atoms with Gasteiger partial charge in [0.2, 0.25) is 0 Å². The molecule has 0 bridgehead atoms. The van der Waals surface area contributed by atoms with E-state index in [0.29, 0.717) is 22.3 Å². The zero-order chi connectivity index (χ0) is 13.8. The monoisotopic (exact) mass is 278 g/mol. The van der Waals surface area contributed by atoms with Gasteiger partial charge in [0.1, 0.15) is 17.2 Å². The summed E-state index contributed by atoms with van der Waals surface area (Å²) >= 11 is 6.04. The second-order valence-corrected chi connectivity index (χ2v) is 4.35. The quantitative estimate of drug-likeness (QED) is 0.845. The molecule has 0 saturated heterocycles. The van der Waals surface area contributed by atoms with E-state index in [0.717, 1.165) is 11.1 Å². The van der Waals surface area contributed by atoms with Gasteiger partial charge < -0.3 is 14.2 Å². The van der Waals surface area contributed by atoms with Crippen molar-refractivity contribution < 1.29 is 14.2 Å². The van der Waals surface area contributed by atoms with Crippen LogP contribution in [0.5, 0.6) is 17.2 Å². The fraction of sp³-hybridized carbons (Fsp3) is 0.200. The number of hydrogen-bond acceptors (Lipinski definition) is 3. The standard InChI is InChI=1S/C15H15ClO3/c1-17-12-8-13(18-2)15(14(9-12)19-3)10-5-4-6-11(16)7-10/h4-9H,1-3H3. The lowest BCUT2D eigenvalue weighted by Crippen LogP contribution is -1.95. The molecule has 0 saturated carbocycles. The van der Waals surface area contributed by atoms with Crippen LogP contribution in [0.1, 0.15) is 0 Å². The Balaban J connectivity index is 2.66. The Morgan fingerprint density at radius 2 is 1.47 bits per heavy atom. The lowest BCUT2D eigenvalue weighted by Gasteiger charge is -2.15. The molecular weight excluding hydrogens is 264 g/mol. The van der Waals surface area contributed by atoms with E-state index in [1.54, 1.807) is 21.3 Å². The van der Waals surface area contributed by atoms with E-state index in [1.165, 1.54) is 0 Å². The van der Waals surface area contributed by atoms with Crippen molar-refractivity contribution in [2.45, 2.75) is 0 Å². The molecule has 3 nitrogen and oxygen atoms in total. The molecule has 2 aromatic rings. The van der Waals surface area contributed by atoms with E-state index in [2.05, 4.69) is 0 Å². The topological polar surface area (TPSA) is 27.7 Å². The Kier molecular flexibility index (Phi) is 4.17. The van der Waals surface area contributed by atoms with Crippen molar-refractivity contribution in [3.05, 3.63) is 41.4 Å². The van der Waals surface area contributed by atoms with Crippen molar-refractivity contribution in [3.63, 3.8) is 0 Å². The van der Waals surface area contributed by atoms with E-state index in [4.69, 9.17) is 25.8 Å². The summed E-state index contributed by atoms with van der Waals surface area (Å²) in [4.78, 5) is 0. The van der Waals surface area contributed by atoms with Crippen LogP contribution < -0.4 is 14.2 Å². The predicted octanol–water partition coefficient (Wildman–Crippen LogP) is 4.03. The van der Waals surface area contributed by atoms with Crippen molar-refractivity contribution in [2.75, 3.05) is 21.3 Å². The van der Waals surface area contributed by atoms with Crippen molar-refractivity contribution in [2.24, 2.45) is 0 Å². The van der Waals surface area contributed by atoms with E-state index in [-0.39, 0.29) is 0 Å².